The van der Waals surface area contributed by atoms with Crippen LogP contribution in [0.3, 0.4) is 0 Å². The molecule has 100 valence electrons. The van der Waals surface area contributed by atoms with Gasteiger partial charge in [0.1, 0.15) is 18.5 Å². The van der Waals surface area contributed by atoms with Crippen LogP contribution in [0.25, 0.3) is 0 Å². The Morgan fingerprint density at radius 3 is 2.72 bits per heavy atom. The van der Waals surface area contributed by atoms with Gasteiger partial charge >= 0.3 is 0 Å². The number of halogens is 1. The van der Waals surface area contributed by atoms with Crippen molar-refractivity contribution in [3.8, 4) is 5.75 Å². The molecule has 0 aliphatic rings. The maximum Gasteiger partial charge on any atom is 0.218 e. The third kappa shape index (κ3) is 6.44. The Labute approximate surface area is 111 Å². The quantitative estimate of drug-likeness (QED) is 0.603. The van der Waals surface area contributed by atoms with Crippen LogP contribution in [-0.2, 0) is 4.79 Å². The van der Waals surface area contributed by atoms with Gasteiger partial charge < -0.3 is 20.9 Å². The lowest BCUT2D eigenvalue weighted by Crippen LogP contribution is -2.33. The van der Waals surface area contributed by atoms with E-state index in [-0.39, 0.29) is 18.9 Å². The second-order valence-corrected chi connectivity index (χ2v) is 4.28. The first-order valence-electron chi connectivity index (χ1n) is 5.63. The molecule has 1 aromatic rings. The summed E-state index contributed by atoms with van der Waals surface area (Å²) < 4.78 is 5.36. The number of carbonyl (C=O) groups is 1. The van der Waals surface area contributed by atoms with E-state index in [2.05, 4.69) is 5.32 Å². The summed E-state index contributed by atoms with van der Waals surface area (Å²) in [5.41, 5.74) is 4.98. The second kappa shape index (κ2) is 7.92. The zero-order valence-corrected chi connectivity index (χ0v) is 10.7. The Hall–Kier alpha value is -1.30. The van der Waals surface area contributed by atoms with Gasteiger partial charge in [0.05, 0.1) is 0 Å². The highest BCUT2D eigenvalue weighted by molar-refractivity contribution is 6.30. The van der Waals surface area contributed by atoms with Gasteiger partial charge in [-0.1, -0.05) is 11.6 Å². The van der Waals surface area contributed by atoms with E-state index < -0.39 is 6.10 Å². The van der Waals surface area contributed by atoms with Gasteiger partial charge in [-0.25, -0.2) is 0 Å². The van der Waals surface area contributed by atoms with Gasteiger partial charge in [0.15, 0.2) is 0 Å². The third-order valence-electron chi connectivity index (χ3n) is 2.18. The topological polar surface area (TPSA) is 84.6 Å². The van der Waals surface area contributed by atoms with Crippen LogP contribution in [0, 0.1) is 0 Å². The van der Waals surface area contributed by atoms with Gasteiger partial charge in [-0.05, 0) is 24.3 Å². The number of carbonyl (C=O) groups excluding carboxylic acids is 1. The summed E-state index contributed by atoms with van der Waals surface area (Å²) in [6.45, 7) is 0.972. The minimum Gasteiger partial charge on any atom is -0.491 e. The molecule has 1 aromatic carbocycles. The smallest absolute Gasteiger partial charge is 0.218 e. The highest BCUT2D eigenvalue weighted by Gasteiger charge is 2.05. The minimum absolute atomic E-state index is 0.172. The number of primary amides is 1. The van der Waals surface area contributed by atoms with E-state index in [1.165, 1.54) is 0 Å². The fourth-order valence-electron chi connectivity index (χ4n) is 1.26. The van der Waals surface area contributed by atoms with Crippen LogP contribution in [0.15, 0.2) is 24.3 Å². The number of aliphatic hydroxyl groups is 1. The number of amides is 1. The number of ether oxygens (including phenoxy) is 1. The number of nitrogens with two attached hydrogens (primary N) is 1. The molecule has 0 aromatic heterocycles. The van der Waals surface area contributed by atoms with Crippen molar-refractivity contribution in [3.05, 3.63) is 29.3 Å². The van der Waals surface area contributed by atoms with Crippen molar-refractivity contribution in [2.24, 2.45) is 5.73 Å². The summed E-state index contributed by atoms with van der Waals surface area (Å²) >= 11 is 5.73. The Morgan fingerprint density at radius 1 is 1.44 bits per heavy atom. The standard InChI is InChI=1S/C12H17ClN2O3/c13-9-1-3-11(4-2-9)18-8-10(16)7-15-6-5-12(14)17/h1-4,10,15-16H,5-8H2,(H2,14,17). The van der Waals surface area contributed by atoms with Crippen LogP contribution in [0.1, 0.15) is 6.42 Å². The molecule has 0 saturated carbocycles. The van der Waals surface area contributed by atoms with Gasteiger partial charge in [0.25, 0.3) is 0 Å². The largest absolute Gasteiger partial charge is 0.491 e. The fraction of sp³-hybridized carbons (Fsp3) is 0.417. The number of aliphatic hydroxyl groups excluding tert-OH is 1. The monoisotopic (exact) mass is 272 g/mol. The highest BCUT2D eigenvalue weighted by atomic mass is 35.5. The normalized spacial score (nSPS) is 12.1. The molecule has 1 unspecified atom stereocenters. The molecule has 0 aliphatic heterocycles. The van der Waals surface area contributed by atoms with Crippen LogP contribution in [0.5, 0.6) is 5.75 Å². The number of benzene rings is 1. The predicted molar refractivity (Wildman–Crippen MR) is 69.6 cm³/mol. The summed E-state index contributed by atoms with van der Waals surface area (Å²) in [6, 6.07) is 6.90. The maximum atomic E-state index is 10.5. The number of hydrogen-bond acceptors (Lipinski definition) is 4. The molecule has 0 fully saturated rings. The van der Waals surface area contributed by atoms with Gasteiger partial charge in [-0.15, -0.1) is 0 Å². The van der Waals surface area contributed by atoms with Crippen molar-refractivity contribution in [2.75, 3.05) is 19.7 Å². The maximum absolute atomic E-state index is 10.5. The molecule has 5 nitrogen and oxygen atoms in total. The van der Waals surface area contributed by atoms with Crippen molar-refractivity contribution in [3.63, 3.8) is 0 Å². The lowest BCUT2D eigenvalue weighted by Gasteiger charge is -2.13. The van der Waals surface area contributed by atoms with E-state index in [0.717, 1.165) is 0 Å². The molecule has 0 heterocycles. The predicted octanol–water partition coefficient (Wildman–Crippen LogP) is 0.545. The molecule has 0 bridgehead atoms. The number of rotatable bonds is 8. The van der Waals surface area contributed by atoms with Crippen molar-refractivity contribution in [1.29, 1.82) is 0 Å². The number of nitrogens with one attached hydrogen (secondary N) is 1. The van der Waals surface area contributed by atoms with E-state index in [4.69, 9.17) is 22.1 Å². The molecular weight excluding hydrogens is 256 g/mol. The zero-order valence-electron chi connectivity index (χ0n) is 9.93. The lowest BCUT2D eigenvalue weighted by molar-refractivity contribution is -0.117. The third-order valence-corrected chi connectivity index (χ3v) is 2.44. The second-order valence-electron chi connectivity index (χ2n) is 3.84. The Kier molecular flexibility index (Phi) is 6.49. The van der Waals surface area contributed by atoms with E-state index in [1.807, 2.05) is 0 Å². The first kappa shape index (κ1) is 14.8. The van der Waals surface area contributed by atoms with E-state index in [1.54, 1.807) is 24.3 Å². The van der Waals surface area contributed by atoms with Crippen molar-refractivity contribution < 1.29 is 14.6 Å². The fourth-order valence-corrected chi connectivity index (χ4v) is 1.39. The van der Waals surface area contributed by atoms with Crippen molar-refractivity contribution >= 4 is 17.5 Å². The van der Waals surface area contributed by atoms with E-state index in [9.17, 15) is 9.90 Å². The van der Waals surface area contributed by atoms with Crippen molar-refractivity contribution in [1.82, 2.24) is 5.32 Å². The molecule has 1 rings (SSSR count). The first-order valence-corrected chi connectivity index (χ1v) is 6.01. The summed E-state index contributed by atoms with van der Waals surface area (Å²) in [5.74, 6) is 0.282. The number of hydrogen-bond donors (Lipinski definition) is 3. The SMILES string of the molecule is NC(=O)CCNCC(O)COc1ccc(Cl)cc1. The molecule has 0 radical (unpaired) electrons. The van der Waals surface area contributed by atoms with E-state index >= 15 is 0 Å². The molecule has 0 aliphatic carbocycles. The summed E-state index contributed by atoms with van der Waals surface area (Å²) in [6.07, 6.45) is -0.390. The molecule has 6 heteroatoms. The van der Waals surface area contributed by atoms with Crippen LogP contribution in [0.2, 0.25) is 5.02 Å². The molecule has 18 heavy (non-hydrogen) atoms. The first-order chi connectivity index (χ1) is 8.58. The van der Waals surface area contributed by atoms with E-state index in [0.29, 0.717) is 23.9 Å². The summed E-state index contributed by atoms with van der Waals surface area (Å²) in [7, 11) is 0. The minimum atomic E-state index is -0.645. The molecule has 0 spiro atoms. The average molecular weight is 273 g/mol. The Morgan fingerprint density at radius 2 is 2.11 bits per heavy atom. The van der Waals surface area contributed by atoms with Gasteiger partial charge in [-0.3, -0.25) is 4.79 Å². The summed E-state index contributed by atoms with van der Waals surface area (Å²) in [5, 5.41) is 13.1. The van der Waals surface area contributed by atoms with Crippen LogP contribution >= 0.6 is 11.6 Å². The van der Waals surface area contributed by atoms with Crippen LogP contribution < -0.4 is 15.8 Å². The summed E-state index contributed by atoms with van der Waals surface area (Å²) in [4.78, 5) is 10.5. The molecule has 1 amide bonds. The van der Waals surface area contributed by atoms with Crippen LogP contribution in [-0.4, -0.2) is 36.8 Å². The van der Waals surface area contributed by atoms with Gasteiger partial charge in [-0.2, -0.15) is 0 Å². The molecular formula is C12H17ClN2O3. The van der Waals surface area contributed by atoms with Crippen LogP contribution in [0.4, 0.5) is 0 Å². The average Bonchev–Trinajstić information content (AvgIpc) is 2.34. The Balaban J connectivity index is 2.14. The lowest BCUT2D eigenvalue weighted by atomic mass is 10.3. The van der Waals surface area contributed by atoms with Crippen molar-refractivity contribution in [2.45, 2.75) is 12.5 Å². The molecule has 4 N–H and O–H groups in total. The zero-order chi connectivity index (χ0) is 13.4. The molecule has 1 atom stereocenters. The highest BCUT2D eigenvalue weighted by Crippen LogP contribution is 2.15. The molecule has 0 saturated heterocycles. The van der Waals surface area contributed by atoms with Gasteiger partial charge in [0.2, 0.25) is 5.91 Å². The Bertz CT molecular complexity index is 370. The van der Waals surface area contributed by atoms with Gasteiger partial charge in [0, 0.05) is 24.5 Å².